The van der Waals surface area contributed by atoms with E-state index in [1.807, 2.05) is 0 Å². The highest BCUT2D eigenvalue weighted by Gasteiger charge is 2.21. The number of aryl methyl sites for hydroxylation is 1. The van der Waals surface area contributed by atoms with Gasteiger partial charge in [-0.05, 0) is 49.8 Å². The Bertz CT molecular complexity index is 1110. The maximum atomic E-state index is 13.2. The van der Waals surface area contributed by atoms with Crippen molar-refractivity contribution in [3.63, 3.8) is 0 Å². The molecule has 0 aliphatic carbocycles. The third kappa shape index (κ3) is 6.27. The molecule has 0 unspecified atom stereocenters. The third-order valence-electron chi connectivity index (χ3n) is 5.52. The molecule has 1 amide bonds. The fourth-order valence-corrected chi connectivity index (χ4v) is 3.88. The number of carbonyl (C=O) groups excluding carboxylic acids is 1. The van der Waals surface area contributed by atoms with Gasteiger partial charge in [0.15, 0.2) is 11.5 Å². The number of aromatic nitrogens is 2. The van der Waals surface area contributed by atoms with Crippen molar-refractivity contribution in [2.75, 3.05) is 38.7 Å². The molecule has 9 heteroatoms. The number of methoxy groups -OCH3 is 1. The number of likely N-dealkylation sites (N-methyl/N-ethyl adjacent to an activating group) is 1. The van der Waals surface area contributed by atoms with Gasteiger partial charge in [-0.3, -0.25) is 4.79 Å². The number of halogens is 2. The van der Waals surface area contributed by atoms with E-state index in [-0.39, 0.29) is 22.4 Å². The van der Waals surface area contributed by atoms with Gasteiger partial charge in [-0.1, -0.05) is 37.6 Å². The number of carbonyl (C=O) groups is 1. The van der Waals surface area contributed by atoms with Gasteiger partial charge < -0.3 is 19.7 Å². The fourth-order valence-electron chi connectivity index (χ4n) is 3.56. The van der Waals surface area contributed by atoms with E-state index in [4.69, 9.17) is 21.1 Å². The standard InChI is InChI=1S/C25H30ClFN4O3/c1-5-30(6-2)13-14-34-22-15-20(11-12-21(22)33-4)28-25(32)23-17(3)29-31(24(23)26)16-18-7-9-19(27)10-8-18/h7-12,15H,5-6,13-14,16H2,1-4H3,(H,28,32). The average Bonchev–Trinajstić information content (AvgIpc) is 3.11. The summed E-state index contributed by atoms with van der Waals surface area (Å²) in [4.78, 5) is 15.3. The zero-order chi connectivity index (χ0) is 24.7. The molecule has 3 aromatic rings. The van der Waals surface area contributed by atoms with E-state index >= 15 is 0 Å². The highest BCUT2D eigenvalue weighted by Crippen LogP contribution is 2.31. The van der Waals surface area contributed by atoms with Crippen LogP contribution in [0, 0.1) is 12.7 Å². The number of rotatable bonds is 11. The summed E-state index contributed by atoms with van der Waals surface area (Å²) in [6.07, 6.45) is 0. The molecule has 7 nitrogen and oxygen atoms in total. The zero-order valence-electron chi connectivity index (χ0n) is 19.9. The second-order valence-electron chi connectivity index (χ2n) is 7.73. The van der Waals surface area contributed by atoms with Crippen LogP contribution >= 0.6 is 11.6 Å². The molecule has 0 saturated carbocycles. The largest absolute Gasteiger partial charge is 0.493 e. The topological polar surface area (TPSA) is 68.6 Å². The van der Waals surface area contributed by atoms with Crippen molar-refractivity contribution in [3.05, 3.63) is 70.3 Å². The lowest BCUT2D eigenvalue weighted by Gasteiger charge is -2.19. The number of hydrogen-bond donors (Lipinski definition) is 1. The molecule has 0 radical (unpaired) electrons. The number of hydrogen-bond acceptors (Lipinski definition) is 5. The Morgan fingerprint density at radius 3 is 2.50 bits per heavy atom. The van der Waals surface area contributed by atoms with Crippen LogP contribution in [0.15, 0.2) is 42.5 Å². The van der Waals surface area contributed by atoms with Gasteiger partial charge in [0.05, 0.1) is 24.9 Å². The van der Waals surface area contributed by atoms with E-state index in [1.165, 1.54) is 16.8 Å². The minimum Gasteiger partial charge on any atom is -0.493 e. The lowest BCUT2D eigenvalue weighted by atomic mass is 10.2. The number of ether oxygens (including phenoxy) is 2. The number of nitrogens with one attached hydrogen (secondary N) is 1. The summed E-state index contributed by atoms with van der Waals surface area (Å²) in [6, 6.07) is 11.3. The second kappa shape index (κ2) is 11.9. The highest BCUT2D eigenvalue weighted by atomic mass is 35.5. The number of amides is 1. The molecular formula is C25H30ClFN4O3. The van der Waals surface area contributed by atoms with E-state index in [9.17, 15) is 9.18 Å². The molecule has 0 aliphatic rings. The first-order chi connectivity index (χ1) is 16.4. The van der Waals surface area contributed by atoms with Crippen LogP contribution in [0.1, 0.15) is 35.5 Å². The molecule has 2 aromatic carbocycles. The number of anilines is 1. The molecule has 1 heterocycles. The SMILES string of the molecule is CCN(CC)CCOc1cc(NC(=O)c2c(C)nn(Cc3ccc(F)cc3)c2Cl)ccc1OC. The van der Waals surface area contributed by atoms with Crippen LogP contribution in [0.3, 0.4) is 0 Å². The molecule has 0 saturated heterocycles. The molecule has 0 spiro atoms. The van der Waals surface area contributed by atoms with Gasteiger partial charge in [-0.15, -0.1) is 0 Å². The van der Waals surface area contributed by atoms with Gasteiger partial charge in [-0.2, -0.15) is 5.10 Å². The van der Waals surface area contributed by atoms with Gasteiger partial charge in [0, 0.05) is 18.3 Å². The van der Waals surface area contributed by atoms with E-state index in [1.54, 1.807) is 44.4 Å². The molecule has 0 atom stereocenters. The normalized spacial score (nSPS) is 11.0. The number of benzene rings is 2. The molecular weight excluding hydrogens is 459 g/mol. The van der Waals surface area contributed by atoms with Gasteiger partial charge in [-0.25, -0.2) is 9.07 Å². The van der Waals surface area contributed by atoms with E-state index in [2.05, 4.69) is 29.2 Å². The molecule has 182 valence electrons. The van der Waals surface area contributed by atoms with E-state index in [0.29, 0.717) is 36.0 Å². The van der Waals surface area contributed by atoms with Gasteiger partial charge in [0.2, 0.25) is 0 Å². The second-order valence-corrected chi connectivity index (χ2v) is 8.09. The summed E-state index contributed by atoms with van der Waals surface area (Å²) < 4.78 is 26.0. The molecule has 1 N–H and O–H groups in total. The van der Waals surface area contributed by atoms with Crippen LogP contribution in [0.4, 0.5) is 10.1 Å². The van der Waals surface area contributed by atoms with Crippen molar-refractivity contribution in [3.8, 4) is 11.5 Å². The molecule has 34 heavy (non-hydrogen) atoms. The zero-order valence-corrected chi connectivity index (χ0v) is 20.7. The van der Waals surface area contributed by atoms with Crippen LogP contribution in [0.25, 0.3) is 0 Å². The Morgan fingerprint density at radius 1 is 1.15 bits per heavy atom. The highest BCUT2D eigenvalue weighted by molar-refractivity contribution is 6.33. The monoisotopic (exact) mass is 488 g/mol. The van der Waals surface area contributed by atoms with Crippen LogP contribution in [-0.4, -0.2) is 53.9 Å². The van der Waals surface area contributed by atoms with E-state index < -0.39 is 0 Å². The summed E-state index contributed by atoms with van der Waals surface area (Å²) in [5, 5.41) is 7.47. The van der Waals surface area contributed by atoms with Gasteiger partial charge >= 0.3 is 0 Å². The Labute approximate surface area is 204 Å². The van der Waals surface area contributed by atoms with Gasteiger partial charge in [0.1, 0.15) is 17.6 Å². The van der Waals surface area contributed by atoms with Crippen molar-refractivity contribution in [1.29, 1.82) is 0 Å². The van der Waals surface area contributed by atoms with Crippen molar-refractivity contribution < 1.29 is 18.7 Å². The Kier molecular flexibility index (Phi) is 8.90. The summed E-state index contributed by atoms with van der Waals surface area (Å²) in [6.45, 7) is 9.43. The molecule has 0 bridgehead atoms. The smallest absolute Gasteiger partial charge is 0.260 e. The molecule has 0 fully saturated rings. The lowest BCUT2D eigenvalue weighted by molar-refractivity contribution is 0.102. The maximum Gasteiger partial charge on any atom is 0.260 e. The maximum absolute atomic E-state index is 13.2. The summed E-state index contributed by atoms with van der Waals surface area (Å²) in [7, 11) is 1.57. The number of nitrogens with zero attached hydrogens (tertiary/aromatic N) is 3. The molecule has 1 aromatic heterocycles. The Hall–Kier alpha value is -3.10. The molecule has 0 aliphatic heterocycles. The lowest BCUT2D eigenvalue weighted by Crippen LogP contribution is -2.28. The van der Waals surface area contributed by atoms with Crippen LogP contribution in [-0.2, 0) is 6.54 Å². The minimum atomic E-state index is -0.382. The van der Waals surface area contributed by atoms with Crippen LogP contribution < -0.4 is 14.8 Å². The van der Waals surface area contributed by atoms with Gasteiger partial charge in [0.25, 0.3) is 5.91 Å². The first kappa shape index (κ1) is 25.5. The minimum absolute atomic E-state index is 0.212. The average molecular weight is 489 g/mol. The predicted molar refractivity (Wildman–Crippen MR) is 132 cm³/mol. The summed E-state index contributed by atoms with van der Waals surface area (Å²) in [5.74, 6) is 0.427. The quantitative estimate of drug-likeness (QED) is 0.410. The Morgan fingerprint density at radius 2 is 1.85 bits per heavy atom. The molecule has 3 rings (SSSR count). The first-order valence-corrected chi connectivity index (χ1v) is 11.6. The van der Waals surface area contributed by atoms with Crippen molar-refractivity contribution >= 4 is 23.2 Å². The first-order valence-electron chi connectivity index (χ1n) is 11.2. The fraction of sp³-hybridized carbons (Fsp3) is 0.360. The van der Waals surface area contributed by atoms with Crippen molar-refractivity contribution in [2.24, 2.45) is 0 Å². The summed E-state index contributed by atoms with van der Waals surface area (Å²) >= 11 is 6.49. The van der Waals surface area contributed by atoms with E-state index in [0.717, 1.165) is 25.2 Å². The summed E-state index contributed by atoms with van der Waals surface area (Å²) in [5.41, 5.74) is 2.14. The third-order valence-corrected chi connectivity index (χ3v) is 5.90. The Balaban J connectivity index is 1.73. The van der Waals surface area contributed by atoms with Crippen LogP contribution in [0.5, 0.6) is 11.5 Å². The van der Waals surface area contributed by atoms with Crippen molar-refractivity contribution in [2.45, 2.75) is 27.3 Å². The van der Waals surface area contributed by atoms with Crippen molar-refractivity contribution in [1.82, 2.24) is 14.7 Å². The van der Waals surface area contributed by atoms with Crippen LogP contribution in [0.2, 0.25) is 5.15 Å². The predicted octanol–water partition coefficient (Wildman–Crippen LogP) is 5.01.